The number of benzene rings is 1. The lowest BCUT2D eigenvalue weighted by Crippen LogP contribution is -2.21. The Labute approximate surface area is 88.4 Å². The molecule has 3 heteroatoms. The molecular formula is C12H14N2O. The van der Waals surface area contributed by atoms with Crippen LogP contribution in [0.5, 0.6) is 0 Å². The van der Waals surface area contributed by atoms with Gasteiger partial charge in [-0.2, -0.15) is 5.10 Å². The molecule has 0 radical (unpaired) electrons. The standard InChI is InChI=1S/C12H14N2O/c1-3-6-11-9-7-4-5-8-10(9)12(15)14(2)13-11/h4-5,7-8H,3,6H2,1-2H3. The Morgan fingerprint density at radius 1 is 1.27 bits per heavy atom. The molecule has 0 atom stereocenters. The van der Waals surface area contributed by atoms with Crippen LogP contribution >= 0.6 is 0 Å². The van der Waals surface area contributed by atoms with E-state index in [0.29, 0.717) is 0 Å². The van der Waals surface area contributed by atoms with Crippen molar-refractivity contribution in [3.05, 3.63) is 40.3 Å². The van der Waals surface area contributed by atoms with Crippen molar-refractivity contribution in [3.63, 3.8) is 0 Å². The second kappa shape index (κ2) is 3.85. The van der Waals surface area contributed by atoms with Gasteiger partial charge in [0, 0.05) is 12.4 Å². The molecule has 3 nitrogen and oxygen atoms in total. The van der Waals surface area contributed by atoms with Gasteiger partial charge in [0.25, 0.3) is 5.56 Å². The van der Waals surface area contributed by atoms with E-state index >= 15 is 0 Å². The molecule has 15 heavy (non-hydrogen) atoms. The monoisotopic (exact) mass is 202 g/mol. The predicted molar refractivity (Wildman–Crippen MR) is 61.0 cm³/mol. The fraction of sp³-hybridized carbons (Fsp3) is 0.333. The summed E-state index contributed by atoms with van der Waals surface area (Å²) in [5.74, 6) is 0. The van der Waals surface area contributed by atoms with Gasteiger partial charge in [-0.1, -0.05) is 31.5 Å². The predicted octanol–water partition coefficient (Wildman–Crippen LogP) is 1.89. The molecule has 0 aliphatic heterocycles. The van der Waals surface area contributed by atoms with Gasteiger partial charge in [0.05, 0.1) is 11.1 Å². The molecule has 2 rings (SSSR count). The molecule has 0 bridgehead atoms. The SMILES string of the molecule is CCCc1nn(C)c(=O)c2ccccc12. The molecule has 78 valence electrons. The molecule has 0 saturated heterocycles. The number of hydrogen-bond acceptors (Lipinski definition) is 2. The van der Waals surface area contributed by atoms with Crippen molar-refractivity contribution in [2.24, 2.45) is 7.05 Å². The van der Waals surface area contributed by atoms with E-state index in [1.165, 1.54) is 4.68 Å². The van der Waals surface area contributed by atoms with Crippen molar-refractivity contribution in [1.29, 1.82) is 0 Å². The zero-order chi connectivity index (χ0) is 10.8. The maximum absolute atomic E-state index is 11.8. The Morgan fingerprint density at radius 3 is 2.60 bits per heavy atom. The number of aromatic nitrogens is 2. The largest absolute Gasteiger partial charge is 0.274 e. The first-order chi connectivity index (χ1) is 7.24. The number of rotatable bonds is 2. The average Bonchev–Trinajstić information content (AvgIpc) is 2.26. The molecule has 1 aromatic carbocycles. The third-order valence-corrected chi connectivity index (χ3v) is 2.52. The summed E-state index contributed by atoms with van der Waals surface area (Å²) >= 11 is 0. The Bertz CT molecular complexity index is 543. The number of aryl methyl sites for hydroxylation is 2. The topological polar surface area (TPSA) is 34.9 Å². The Morgan fingerprint density at radius 2 is 1.93 bits per heavy atom. The van der Waals surface area contributed by atoms with Crippen LogP contribution in [0.1, 0.15) is 19.0 Å². The molecule has 0 fully saturated rings. The summed E-state index contributed by atoms with van der Waals surface area (Å²) in [5, 5.41) is 6.05. The van der Waals surface area contributed by atoms with Crippen LogP contribution < -0.4 is 5.56 Å². The summed E-state index contributed by atoms with van der Waals surface area (Å²) in [6.07, 6.45) is 1.95. The van der Waals surface area contributed by atoms with E-state index in [0.717, 1.165) is 29.3 Å². The zero-order valence-corrected chi connectivity index (χ0v) is 9.03. The molecule has 1 aromatic heterocycles. The maximum atomic E-state index is 11.8. The number of hydrogen-bond donors (Lipinski definition) is 0. The molecule has 0 N–H and O–H groups in total. The highest BCUT2D eigenvalue weighted by Gasteiger charge is 2.06. The van der Waals surface area contributed by atoms with Crippen LogP contribution in [0.25, 0.3) is 10.8 Å². The molecule has 0 amide bonds. The van der Waals surface area contributed by atoms with Crippen LogP contribution in [0.4, 0.5) is 0 Å². The lowest BCUT2D eigenvalue weighted by atomic mass is 10.1. The third-order valence-electron chi connectivity index (χ3n) is 2.52. The molecular weight excluding hydrogens is 188 g/mol. The van der Waals surface area contributed by atoms with Gasteiger partial charge in [-0.15, -0.1) is 0 Å². The summed E-state index contributed by atoms with van der Waals surface area (Å²) in [5.41, 5.74) is 0.987. The first kappa shape index (κ1) is 9.90. The molecule has 0 spiro atoms. The number of nitrogens with zero attached hydrogens (tertiary/aromatic N) is 2. The lowest BCUT2D eigenvalue weighted by molar-refractivity contribution is 0.683. The van der Waals surface area contributed by atoms with Crippen molar-refractivity contribution in [3.8, 4) is 0 Å². The van der Waals surface area contributed by atoms with Crippen LogP contribution in [0.2, 0.25) is 0 Å². The Hall–Kier alpha value is -1.64. The summed E-state index contributed by atoms with van der Waals surface area (Å²) in [7, 11) is 1.70. The van der Waals surface area contributed by atoms with Gasteiger partial charge in [0.15, 0.2) is 0 Å². The molecule has 0 aliphatic rings. The van der Waals surface area contributed by atoms with Crippen LogP contribution in [0.3, 0.4) is 0 Å². The van der Waals surface area contributed by atoms with E-state index in [-0.39, 0.29) is 5.56 Å². The summed E-state index contributed by atoms with van der Waals surface area (Å²) in [6, 6.07) is 7.66. The highest BCUT2D eigenvalue weighted by molar-refractivity contribution is 5.83. The molecule has 1 heterocycles. The van der Waals surface area contributed by atoms with Crippen LogP contribution in [0, 0.1) is 0 Å². The van der Waals surface area contributed by atoms with Gasteiger partial charge < -0.3 is 0 Å². The minimum absolute atomic E-state index is 0.0227. The van der Waals surface area contributed by atoms with Gasteiger partial charge in [-0.25, -0.2) is 4.68 Å². The van der Waals surface area contributed by atoms with Crippen molar-refractivity contribution in [2.45, 2.75) is 19.8 Å². The summed E-state index contributed by atoms with van der Waals surface area (Å²) < 4.78 is 1.42. The average molecular weight is 202 g/mol. The molecule has 0 unspecified atom stereocenters. The fourth-order valence-electron chi connectivity index (χ4n) is 1.80. The second-order valence-electron chi connectivity index (χ2n) is 3.67. The van der Waals surface area contributed by atoms with Gasteiger partial charge in [-0.3, -0.25) is 4.79 Å². The van der Waals surface area contributed by atoms with E-state index in [1.807, 2.05) is 24.3 Å². The minimum Gasteiger partial charge on any atom is -0.267 e. The molecule has 0 saturated carbocycles. The molecule has 2 aromatic rings. The van der Waals surface area contributed by atoms with Gasteiger partial charge in [-0.05, 0) is 12.5 Å². The van der Waals surface area contributed by atoms with Crippen molar-refractivity contribution < 1.29 is 0 Å². The highest BCUT2D eigenvalue weighted by atomic mass is 16.1. The maximum Gasteiger partial charge on any atom is 0.274 e. The first-order valence-electron chi connectivity index (χ1n) is 5.19. The third kappa shape index (κ3) is 1.65. The Kier molecular flexibility index (Phi) is 2.54. The second-order valence-corrected chi connectivity index (χ2v) is 3.67. The Balaban J connectivity index is 2.82. The van der Waals surface area contributed by atoms with Crippen molar-refractivity contribution in [1.82, 2.24) is 9.78 Å². The number of fused-ring (bicyclic) bond motifs is 1. The van der Waals surface area contributed by atoms with Crippen molar-refractivity contribution in [2.75, 3.05) is 0 Å². The fourth-order valence-corrected chi connectivity index (χ4v) is 1.80. The highest BCUT2D eigenvalue weighted by Crippen LogP contribution is 2.13. The van der Waals surface area contributed by atoms with E-state index in [4.69, 9.17) is 0 Å². The van der Waals surface area contributed by atoms with E-state index in [2.05, 4.69) is 12.0 Å². The van der Waals surface area contributed by atoms with Gasteiger partial charge in [0.1, 0.15) is 0 Å². The first-order valence-corrected chi connectivity index (χ1v) is 5.19. The van der Waals surface area contributed by atoms with E-state index < -0.39 is 0 Å². The van der Waals surface area contributed by atoms with Gasteiger partial charge >= 0.3 is 0 Å². The minimum atomic E-state index is -0.0227. The summed E-state index contributed by atoms with van der Waals surface area (Å²) in [4.78, 5) is 11.8. The van der Waals surface area contributed by atoms with Crippen molar-refractivity contribution >= 4 is 10.8 Å². The molecule has 0 aliphatic carbocycles. The quantitative estimate of drug-likeness (QED) is 0.745. The summed E-state index contributed by atoms with van der Waals surface area (Å²) in [6.45, 7) is 2.11. The van der Waals surface area contributed by atoms with Crippen LogP contribution in [-0.4, -0.2) is 9.78 Å². The van der Waals surface area contributed by atoms with E-state index in [9.17, 15) is 4.79 Å². The lowest BCUT2D eigenvalue weighted by Gasteiger charge is -2.06. The van der Waals surface area contributed by atoms with E-state index in [1.54, 1.807) is 7.05 Å². The van der Waals surface area contributed by atoms with Gasteiger partial charge in [0.2, 0.25) is 0 Å². The van der Waals surface area contributed by atoms with Crippen LogP contribution in [0.15, 0.2) is 29.1 Å². The smallest absolute Gasteiger partial charge is 0.267 e. The zero-order valence-electron chi connectivity index (χ0n) is 9.03. The van der Waals surface area contributed by atoms with Crippen LogP contribution in [-0.2, 0) is 13.5 Å². The normalized spacial score (nSPS) is 10.8.